The van der Waals surface area contributed by atoms with Crippen molar-refractivity contribution < 1.29 is 18.9 Å². The SMILES string of the molecule is CCCNC(C)C(C)OCCOCCOCCOC. The van der Waals surface area contributed by atoms with E-state index in [1.165, 1.54) is 0 Å². The van der Waals surface area contributed by atoms with Crippen LogP contribution in [-0.4, -0.2) is 65.4 Å². The predicted octanol–water partition coefficient (Wildman–Crippen LogP) is 1.46. The molecule has 5 nitrogen and oxygen atoms in total. The molecule has 0 aliphatic carbocycles. The third kappa shape index (κ3) is 12.6. The molecule has 5 heteroatoms. The van der Waals surface area contributed by atoms with Crippen LogP contribution >= 0.6 is 0 Å². The fourth-order valence-corrected chi connectivity index (χ4v) is 1.44. The van der Waals surface area contributed by atoms with Crippen LogP contribution in [0.3, 0.4) is 0 Å². The average Bonchev–Trinajstić information content (AvgIpc) is 2.42. The van der Waals surface area contributed by atoms with Gasteiger partial charge in [0.1, 0.15) is 0 Å². The van der Waals surface area contributed by atoms with Crippen LogP contribution in [0, 0.1) is 0 Å². The molecule has 19 heavy (non-hydrogen) atoms. The van der Waals surface area contributed by atoms with Gasteiger partial charge in [0, 0.05) is 13.2 Å². The van der Waals surface area contributed by atoms with Crippen molar-refractivity contribution in [2.45, 2.75) is 39.3 Å². The summed E-state index contributed by atoms with van der Waals surface area (Å²) in [5, 5.41) is 3.42. The maximum atomic E-state index is 5.70. The Hall–Kier alpha value is -0.200. The number of hydrogen-bond donors (Lipinski definition) is 1. The highest BCUT2D eigenvalue weighted by molar-refractivity contribution is 4.67. The van der Waals surface area contributed by atoms with E-state index in [1.807, 2.05) is 0 Å². The first-order valence-corrected chi connectivity index (χ1v) is 7.21. The second-order valence-electron chi connectivity index (χ2n) is 4.54. The lowest BCUT2D eigenvalue weighted by Gasteiger charge is -2.21. The molecule has 116 valence electrons. The monoisotopic (exact) mass is 277 g/mol. The summed E-state index contributed by atoms with van der Waals surface area (Å²) in [5.74, 6) is 0. The van der Waals surface area contributed by atoms with Gasteiger partial charge in [-0.05, 0) is 26.8 Å². The van der Waals surface area contributed by atoms with Gasteiger partial charge in [0.2, 0.25) is 0 Å². The zero-order chi connectivity index (χ0) is 14.3. The van der Waals surface area contributed by atoms with Gasteiger partial charge in [0.05, 0.1) is 45.7 Å². The fraction of sp³-hybridized carbons (Fsp3) is 1.00. The average molecular weight is 277 g/mol. The lowest BCUT2D eigenvalue weighted by atomic mass is 10.2. The third-order valence-corrected chi connectivity index (χ3v) is 2.83. The summed E-state index contributed by atoms with van der Waals surface area (Å²) >= 11 is 0. The van der Waals surface area contributed by atoms with Crippen LogP contribution in [-0.2, 0) is 18.9 Å². The lowest BCUT2D eigenvalue weighted by Crippen LogP contribution is -2.38. The number of nitrogens with one attached hydrogen (secondary N) is 1. The third-order valence-electron chi connectivity index (χ3n) is 2.83. The van der Waals surface area contributed by atoms with Crippen LogP contribution in [0.2, 0.25) is 0 Å². The summed E-state index contributed by atoms with van der Waals surface area (Å²) in [6.45, 7) is 11.1. The summed E-state index contributed by atoms with van der Waals surface area (Å²) in [4.78, 5) is 0. The molecule has 0 aromatic carbocycles. The van der Waals surface area contributed by atoms with Crippen LogP contribution in [0.1, 0.15) is 27.2 Å². The van der Waals surface area contributed by atoms with E-state index < -0.39 is 0 Å². The van der Waals surface area contributed by atoms with Gasteiger partial charge in [-0.1, -0.05) is 6.92 Å². The molecule has 0 rings (SSSR count). The predicted molar refractivity (Wildman–Crippen MR) is 76.7 cm³/mol. The summed E-state index contributed by atoms with van der Waals surface area (Å²) < 4.78 is 21.3. The van der Waals surface area contributed by atoms with Gasteiger partial charge in [-0.25, -0.2) is 0 Å². The van der Waals surface area contributed by atoms with Crippen LogP contribution in [0.5, 0.6) is 0 Å². The first kappa shape index (κ1) is 18.8. The van der Waals surface area contributed by atoms with Gasteiger partial charge in [0.25, 0.3) is 0 Å². The van der Waals surface area contributed by atoms with Gasteiger partial charge < -0.3 is 24.3 Å². The molecule has 0 aliphatic rings. The van der Waals surface area contributed by atoms with E-state index in [9.17, 15) is 0 Å². The molecule has 0 saturated heterocycles. The summed E-state index contributed by atoms with van der Waals surface area (Å²) in [6.07, 6.45) is 1.34. The number of rotatable bonds is 14. The largest absolute Gasteiger partial charge is 0.382 e. The molecule has 0 saturated carbocycles. The smallest absolute Gasteiger partial charge is 0.0704 e. The highest BCUT2D eigenvalue weighted by Gasteiger charge is 2.10. The van der Waals surface area contributed by atoms with E-state index >= 15 is 0 Å². The zero-order valence-corrected chi connectivity index (χ0v) is 12.9. The van der Waals surface area contributed by atoms with Crippen molar-refractivity contribution in [2.75, 3.05) is 53.3 Å². The highest BCUT2D eigenvalue weighted by atomic mass is 16.6. The van der Waals surface area contributed by atoms with Crippen LogP contribution < -0.4 is 5.32 Å². The van der Waals surface area contributed by atoms with Crippen LogP contribution in [0.25, 0.3) is 0 Å². The Kier molecular flexibility index (Phi) is 14.1. The van der Waals surface area contributed by atoms with Crippen molar-refractivity contribution in [1.82, 2.24) is 5.32 Å². The number of hydrogen-bond acceptors (Lipinski definition) is 5. The first-order valence-electron chi connectivity index (χ1n) is 7.21. The first-order chi connectivity index (χ1) is 9.22. The Morgan fingerprint density at radius 2 is 1.47 bits per heavy atom. The van der Waals surface area contributed by atoms with Gasteiger partial charge in [-0.15, -0.1) is 0 Å². The van der Waals surface area contributed by atoms with Crippen LogP contribution in [0.15, 0.2) is 0 Å². The van der Waals surface area contributed by atoms with E-state index in [2.05, 4.69) is 26.1 Å². The Morgan fingerprint density at radius 1 is 0.895 bits per heavy atom. The summed E-state index contributed by atoms with van der Waals surface area (Å²) in [7, 11) is 1.66. The fourth-order valence-electron chi connectivity index (χ4n) is 1.44. The number of ether oxygens (including phenoxy) is 4. The Bertz CT molecular complexity index is 181. The van der Waals surface area contributed by atoms with Crippen molar-refractivity contribution in [3.63, 3.8) is 0 Å². The summed E-state index contributed by atoms with van der Waals surface area (Å²) in [6, 6.07) is 0.373. The second kappa shape index (κ2) is 14.2. The van der Waals surface area contributed by atoms with Crippen LogP contribution in [0.4, 0.5) is 0 Å². The molecule has 0 bridgehead atoms. The molecular formula is C14H31NO4. The lowest BCUT2D eigenvalue weighted by molar-refractivity contribution is -0.0190. The van der Waals surface area contributed by atoms with Gasteiger partial charge in [0.15, 0.2) is 0 Å². The minimum atomic E-state index is 0.202. The molecule has 0 amide bonds. The number of methoxy groups -OCH3 is 1. The minimum absolute atomic E-state index is 0.202. The summed E-state index contributed by atoms with van der Waals surface area (Å²) in [5.41, 5.74) is 0. The molecule has 2 atom stereocenters. The van der Waals surface area contributed by atoms with Gasteiger partial charge in [-0.3, -0.25) is 0 Å². The molecule has 2 unspecified atom stereocenters. The normalized spacial score (nSPS) is 14.5. The van der Waals surface area contributed by atoms with Gasteiger partial charge in [-0.2, -0.15) is 0 Å². The van der Waals surface area contributed by atoms with E-state index in [1.54, 1.807) is 7.11 Å². The second-order valence-corrected chi connectivity index (χ2v) is 4.54. The van der Waals surface area contributed by atoms with Crippen molar-refractivity contribution in [3.8, 4) is 0 Å². The molecule has 0 aromatic rings. The van der Waals surface area contributed by atoms with Crippen molar-refractivity contribution in [1.29, 1.82) is 0 Å². The molecule has 0 fully saturated rings. The van der Waals surface area contributed by atoms with E-state index in [0.29, 0.717) is 45.7 Å². The highest BCUT2D eigenvalue weighted by Crippen LogP contribution is 1.98. The standard InChI is InChI=1S/C14H31NO4/c1-5-6-15-13(2)14(3)19-12-11-18-10-9-17-8-7-16-4/h13-15H,5-12H2,1-4H3. The van der Waals surface area contributed by atoms with Crippen molar-refractivity contribution >= 4 is 0 Å². The van der Waals surface area contributed by atoms with E-state index in [4.69, 9.17) is 18.9 Å². The molecule has 0 aliphatic heterocycles. The van der Waals surface area contributed by atoms with E-state index in [0.717, 1.165) is 13.0 Å². The maximum absolute atomic E-state index is 5.70. The molecule has 0 aromatic heterocycles. The quantitative estimate of drug-likeness (QED) is 0.487. The Balaban J connectivity index is 3.24. The zero-order valence-electron chi connectivity index (χ0n) is 12.9. The van der Waals surface area contributed by atoms with Gasteiger partial charge >= 0.3 is 0 Å². The minimum Gasteiger partial charge on any atom is -0.382 e. The molecule has 1 N–H and O–H groups in total. The molecule has 0 radical (unpaired) electrons. The van der Waals surface area contributed by atoms with Crippen molar-refractivity contribution in [3.05, 3.63) is 0 Å². The Labute approximate surface area is 117 Å². The maximum Gasteiger partial charge on any atom is 0.0704 e. The topological polar surface area (TPSA) is 49.0 Å². The molecule has 0 spiro atoms. The Morgan fingerprint density at radius 3 is 2.05 bits per heavy atom. The van der Waals surface area contributed by atoms with E-state index in [-0.39, 0.29) is 6.10 Å². The molecular weight excluding hydrogens is 246 g/mol. The molecule has 0 heterocycles. The van der Waals surface area contributed by atoms with Crippen molar-refractivity contribution in [2.24, 2.45) is 0 Å².